The standard InChI is InChI=1S/C20H26N3S/c1-2-9-18(10-3-1)24-20-12-5-11-19(21-20)23-14-6-13-22(15-16-23)17-7-4-8-17/h1-3,5,9-10,12,17,20-21H,4,6-8,13-16H2. The van der Waals surface area contributed by atoms with Crippen molar-refractivity contribution in [1.82, 2.24) is 15.1 Å². The van der Waals surface area contributed by atoms with E-state index in [9.17, 15) is 0 Å². The molecule has 1 saturated heterocycles. The molecule has 1 aliphatic carbocycles. The minimum atomic E-state index is 0.287. The Morgan fingerprint density at radius 1 is 1.00 bits per heavy atom. The number of rotatable bonds is 4. The van der Waals surface area contributed by atoms with Crippen LogP contribution >= 0.6 is 11.8 Å². The highest BCUT2D eigenvalue weighted by molar-refractivity contribution is 8.00. The Balaban J connectivity index is 1.34. The Morgan fingerprint density at radius 2 is 1.88 bits per heavy atom. The molecule has 0 amide bonds. The zero-order valence-corrected chi connectivity index (χ0v) is 15.0. The lowest BCUT2D eigenvalue weighted by molar-refractivity contribution is 0.132. The average molecular weight is 341 g/mol. The van der Waals surface area contributed by atoms with Gasteiger partial charge >= 0.3 is 0 Å². The van der Waals surface area contributed by atoms with Crippen molar-refractivity contribution in [3.63, 3.8) is 0 Å². The van der Waals surface area contributed by atoms with Crippen LogP contribution < -0.4 is 5.32 Å². The summed E-state index contributed by atoms with van der Waals surface area (Å²) in [4.78, 5) is 6.49. The maximum Gasteiger partial charge on any atom is 0.111 e. The number of nitrogens with zero attached hydrogens (tertiary/aromatic N) is 2. The highest BCUT2D eigenvalue weighted by Crippen LogP contribution is 2.27. The fourth-order valence-electron chi connectivity index (χ4n) is 3.61. The normalized spacial score (nSPS) is 25.6. The van der Waals surface area contributed by atoms with Crippen molar-refractivity contribution in [2.45, 2.75) is 42.0 Å². The van der Waals surface area contributed by atoms with Crippen molar-refractivity contribution in [3.8, 4) is 0 Å². The van der Waals surface area contributed by atoms with Gasteiger partial charge in [-0.2, -0.15) is 0 Å². The molecule has 1 unspecified atom stereocenters. The maximum absolute atomic E-state index is 3.66. The zero-order chi connectivity index (χ0) is 16.2. The molecule has 3 nitrogen and oxygen atoms in total. The summed E-state index contributed by atoms with van der Waals surface area (Å²) in [6.07, 6.45) is 13.2. The smallest absolute Gasteiger partial charge is 0.111 e. The summed E-state index contributed by atoms with van der Waals surface area (Å²) in [5.41, 5.74) is 0. The number of nitrogens with one attached hydrogen (secondary N) is 1. The zero-order valence-electron chi connectivity index (χ0n) is 14.2. The number of thioether (sulfide) groups is 1. The molecule has 0 spiro atoms. The maximum atomic E-state index is 3.66. The van der Waals surface area contributed by atoms with Crippen LogP contribution in [0.2, 0.25) is 0 Å². The molecule has 2 aliphatic heterocycles. The largest absolute Gasteiger partial charge is 0.357 e. The van der Waals surface area contributed by atoms with Crippen LogP contribution in [-0.2, 0) is 0 Å². The van der Waals surface area contributed by atoms with E-state index in [1.54, 1.807) is 0 Å². The van der Waals surface area contributed by atoms with Crippen LogP contribution in [0.4, 0.5) is 0 Å². The molecule has 1 aromatic rings. The lowest BCUT2D eigenvalue weighted by Crippen LogP contribution is -2.43. The third-order valence-corrected chi connectivity index (χ3v) is 6.29. The van der Waals surface area contributed by atoms with E-state index in [0.29, 0.717) is 0 Å². The number of hydrogen-bond acceptors (Lipinski definition) is 4. The Bertz CT molecular complexity index is 594. The van der Waals surface area contributed by atoms with Crippen molar-refractivity contribution in [2.24, 2.45) is 0 Å². The third kappa shape index (κ3) is 3.81. The minimum Gasteiger partial charge on any atom is -0.357 e. The van der Waals surface area contributed by atoms with Gasteiger partial charge in [0.2, 0.25) is 0 Å². The highest BCUT2D eigenvalue weighted by Gasteiger charge is 2.27. The van der Waals surface area contributed by atoms with E-state index in [1.807, 2.05) is 11.8 Å². The van der Waals surface area contributed by atoms with Crippen LogP contribution in [0.3, 0.4) is 0 Å². The van der Waals surface area contributed by atoms with E-state index in [2.05, 4.69) is 63.7 Å². The molecule has 24 heavy (non-hydrogen) atoms. The van der Waals surface area contributed by atoms with Gasteiger partial charge in [-0.05, 0) is 31.4 Å². The number of dihydropyridines is 1. The molecule has 1 atom stereocenters. The van der Waals surface area contributed by atoms with E-state index in [1.165, 1.54) is 49.5 Å². The highest BCUT2D eigenvalue weighted by atomic mass is 32.2. The monoisotopic (exact) mass is 340 g/mol. The quantitative estimate of drug-likeness (QED) is 0.904. The number of benzene rings is 1. The Kier molecular flexibility index (Phi) is 5.14. The first kappa shape index (κ1) is 16.1. The van der Waals surface area contributed by atoms with Gasteiger partial charge in [-0.15, -0.1) is 0 Å². The van der Waals surface area contributed by atoms with Crippen molar-refractivity contribution in [3.05, 3.63) is 54.4 Å². The van der Waals surface area contributed by atoms with Crippen molar-refractivity contribution in [1.29, 1.82) is 0 Å². The first-order valence-electron chi connectivity index (χ1n) is 9.16. The fraction of sp³-hybridized carbons (Fsp3) is 0.500. The topological polar surface area (TPSA) is 18.5 Å². The van der Waals surface area contributed by atoms with Gasteiger partial charge in [-0.3, -0.25) is 4.90 Å². The van der Waals surface area contributed by atoms with Crippen molar-refractivity contribution >= 4 is 11.8 Å². The average Bonchev–Trinajstić information content (AvgIpc) is 2.81. The van der Waals surface area contributed by atoms with Crippen molar-refractivity contribution in [2.75, 3.05) is 26.2 Å². The molecule has 4 heteroatoms. The third-order valence-electron chi connectivity index (χ3n) is 5.21. The van der Waals surface area contributed by atoms with Crippen LogP contribution in [0.1, 0.15) is 25.7 Å². The van der Waals surface area contributed by atoms with Gasteiger partial charge in [0.05, 0.1) is 5.37 Å². The van der Waals surface area contributed by atoms with Gasteiger partial charge in [0, 0.05) is 43.2 Å². The van der Waals surface area contributed by atoms with Crippen LogP contribution in [0.15, 0.2) is 53.2 Å². The molecule has 1 N–H and O–H groups in total. The van der Waals surface area contributed by atoms with Crippen LogP contribution in [0.5, 0.6) is 0 Å². The summed E-state index contributed by atoms with van der Waals surface area (Å²) in [5.74, 6) is 1.17. The molecule has 2 heterocycles. The summed E-state index contributed by atoms with van der Waals surface area (Å²) in [6, 6.07) is 11.5. The Hall–Kier alpha value is -1.39. The fourth-order valence-corrected chi connectivity index (χ4v) is 4.55. The lowest BCUT2D eigenvalue weighted by Gasteiger charge is -2.37. The summed E-state index contributed by atoms with van der Waals surface area (Å²) in [5, 5.41) is 3.95. The molecular weight excluding hydrogens is 314 g/mol. The number of allylic oxidation sites excluding steroid dienone is 2. The molecule has 127 valence electrons. The Labute approximate surface area is 149 Å². The molecular formula is C20H26N3S. The minimum absolute atomic E-state index is 0.287. The second kappa shape index (κ2) is 7.66. The van der Waals surface area contributed by atoms with E-state index >= 15 is 0 Å². The summed E-state index contributed by atoms with van der Waals surface area (Å²) >= 11 is 1.86. The van der Waals surface area contributed by atoms with Gasteiger partial charge in [0.1, 0.15) is 5.82 Å². The summed E-state index contributed by atoms with van der Waals surface area (Å²) in [7, 11) is 0. The van der Waals surface area contributed by atoms with E-state index in [-0.39, 0.29) is 5.37 Å². The van der Waals surface area contributed by atoms with Crippen LogP contribution in [0.25, 0.3) is 0 Å². The number of hydrogen-bond donors (Lipinski definition) is 1. The predicted molar refractivity (Wildman–Crippen MR) is 101 cm³/mol. The van der Waals surface area contributed by atoms with Gasteiger partial charge in [0.25, 0.3) is 0 Å². The first-order valence-corrected chi connectivity index (χ1v) is 10.0. The van der Waals surface area contributed by atoms with Gasteiger partial charge in [-0.25, -0.2) is 0 Å². The van der Waals surface area contributed by atoms with E-state index < -0.39 is 0 Å². The lowest BCUT2D eigenvalue weighted by atomic mass is 9.91. The molecule has 0 bridgehead atoms. The molecule has 4 rings (SSSR count). The molecule has 0 aromatic heterocycles. The van der Waals surface area contributed by atoms with E-state index in [0.717, 1.165) is 19.1 Å². The Morgan fingerprint density at radius 3 is 2.67 bits per heavy atom. The predicted octanol–water partition coefficient (Wildman–Crippen LogP) is 3.47. The molecule has 1 saturated carbocycles. The molecule has 2 fully saturated rings. The summed E-state index contributed by atoms with van der Waals surface area (Å²) in [6.45, 7) is 4.70. The van der Waals surface area contributed by atoms with Gasteiger partial charge < -0.3 is 10.2 Å². The van der Waals surface area contributed by atoms with Crippen molar-refractivity contribution < 1.29 is 0 Å². The van der Waals surface area contributed by atoms with E-state index in [4.69, 9.17) is 0 Å². The van der Waals surface area contributed by atoms with Crippen LogP contribution in [-0.4, -0.2) is 47.4 Å². The molecule has 1 radical (unpaired) electrons. The second-order valence-corrected chi connectivity index (χ2v) is 8.02. The molecule has 3 aliphatic rings. The molecule has 1 aromatic carbocycles. The first-order chi connectivity index (χ1) is 11.9. The SMILES string of the molecule is [C]1=C(N2CCCN(C3CCC3)CC2)NC(Sc2ccccc2)C=C1. The van der Waals surface area contributed by atoms with Gasteiger partial charge in [0.15, 0.2) is 0 Å². The summed E-state index contributed by atoms with van der Waals surface area (Å²) < 4.78 is 0. The van der Waals surface area contributed by atoms with Crippen LogP contribution in [0, 0.1) is 6.08 Å². The second-order valence-electron chi connectivity index (χ2n) is 6.81. The van der Waals surface area contributed by atoms with Gasteiger partial charge in [-0.1, -0.05) is 48.5 Å².